The molecule has 0 spiro atoms. The van der Waals surface area contributed by atoms with Gasteiger partial charge in [0, 0.05) is 45.3 Å². The number of ether oxygens (including phenoxy) is 1. The summed E-state index contributed by atoms with van der Waals surface area (Å²) in [6.07, 6.45) is 13.0. The van der Waals surface area contributed by atoms with Crippen LogP contribution in [0.4, 0.5) is 4.79 Å². The van der Waals surface area contributed by atoms with Crippen molar-refractivity contribution in [1.82, 2.24) is 20.0 Å². The third kappa shape index (κ3) is 8.27. The smallest absolute Gasteiger partial charge is 0.317 e. The van der Waals surface area contributed by atoms with E-state index in [2.05, 4.69) is 10.2 Å². The van der Waals surface area contributed by atoms with Crippen molar-refractivity contribution in [3.63, 3.8) is 0 Å². The van der Waals surface area contributed by atoms with E-state index >= 15 is 0 Å². The molecular weight excluding hydrogens is 480 g/mol. The zero-order valence-corrected chi connectivity index (χ0v) is 23.0. The molecule has 0 unspecified atom stereocenters. The number of hydrogen-bond acceptors (Lipinski definition) is 5. The number of rotatable bonds is 14. The fourth-order valence-corrected chi connectivity index (χ4v) is 5.86. The standard InChI is InChI=1S/C30H46N4O4/c35-28-26-15-8-9-16-27(26)29(36)34(28)20-11-4-2-1-3-10-18-33(19-12-17-32-21-23-38-24-22-32)30(37)31-25-13-6-5-7-14-25/h8-9,15-16,25H,1-7,10-14,17-24H2,(H,31,37). The lowest BCUT2D eigenvalue weighted by Crippen LogP contribution is -2.47. The van der Waals surface area contributed by atoms with Gasteiger partial charge in [-0.25, -0.2) is 4.79 Å². The van der Waals surface area contributed by atoms with Crippen LogP contribution in [0.1, 0.15) is 97.8 Å². The molecule has 8 heteroatoms. The van der Waals surface area contributed by atoms with E-state index < -0.39 is 0 Å². The van der Waals surface area contributed by atoms with Gasteiger partial charge in [0.2, 0.25) is 0 Å². The van der Waals surface area contributed by atoms with Crippen LogP contribution in [0.3, 0.4) is 0 Å². The number of nitrogens with zero attached hydrogens (tertiary/aromatic N) is 3. The lowest BCUT2D eigenvalue weighted by molar-refractivity contribution is 0.0364. The second-order valence-electron chi connectivity index (χ2n) is 11.0. The van der Waals surface area contributed by atoms with E-state index in [4.69, 9.17) is 4.74 Å². The average molecular weight is 527 g/mol. The van der Waals surface area contributed by atoms with Gasteiger partial charge in [-0.15, -0.1) is 0 Å². The number of nitrogens with one attached hydrogen (secondary N) is 1. The van der Waals surface area contributed by atoms with Crippen LogP contribution in [0, 0.1) is 0 Å². The van der Waals surface area contributed by atoms with Crippen LogP contribution in [-0.2, 0) is 4.74 Å². The van der Waals surface area contributed by atoms with E-state index in [0.717, 1.165) is 104 Å². The molecule has 1 aromatic carbocycles. The van der Waals surface area contributed by atoms with Gasteiger partial charge in [0.1, 0.15) is 0 Å². The molecule has 1 saturated heterocycles. The summed E-state index contributed by atoms with van der Waals surface area (Å²) in [6, 6.07) is 7.52. The van der Waals surface area contributed by atoms with Crippen molar-refractivity contribution in [2.24, 2.45) is 0 Å². The van der Waals surface area contributed by atoms with E-state index in [9.17, 15) is 14.4 Å². The van der Waals surface area contributed by atoms with Gasteiger partial charge in [0.15, 0.2) is 0 Å². The minimum Gasteiger partial charge on any atom is -0.379 e. The molecule has 2 heterocycles. The number of fused-ring (bicyclic) bond motifs is 1. The zero-order chi connectivity index (χ0) is 26.6. The van der Waals surface area contributed by atoms with Gasteiger partial charge >= 0.3 is 6.03 Å². The van der Waals surface area contributed by atoms with Crippen molar-refractivity contribution < 1.29 is 19.1 Å². The van der Waals surface area contributed by atoms with Crippen LogP contribution in [0.15, 0.2) is 24.3 Å². The number of imide groups is 1. The Balaban J connectivity index is 1.11. The second-order valence-corrected chi connectivity index (χ2v) is 11.0. The third-order valence-corrected chi connectivity index (χ3v) is 8.16. The molecule has 0 bridgehead atoms. The summed E-state index contributed by atoms with van der Waals surface area (Å²) >= 11 is 0. The molecule has 0 atom stereocenters. The van der Waals surface area contributed by atoms with Crippen LogP contribution in [0.2, 0.25) is 0 Å². The van der Waals surface area contributed by atoms with Gasteiger partial charge in [-0.3, -0.25) is 19.4 Å². The summed E-state index contributed by atoms with van der Waals surface area (Å²) in [5, 5.41) is 3.31. The maximum absolute atomic E-state index is 13.1. The number of benzene rings is 1. The Morgan fingerprint density at radius 1 is 0.816 bits per heavy atom. The van der Waals surface area contributed by atoms with E-state index in [1.54, 1.807) is 24.3 Å². The highest BCUT2D eigenvalue weighted by Gasteiger charge is 2.34. The molecule has 4 rings (SSSR count). The summed E-state index contributed by atoms with van der Waals surface area (Å²) in [6.45, 7) is 6.71. The predicted molar refractivity (Wildman–Crippen MR) is 148 cm³/mol. The molecule has 0 aromatic heterocycles. The highest BCUT2D eigenvalue weighted by molar-refractivity contribution is 6.21. The molecule has 38 heavy (non-hydrogen) atoms. The quantitative estimate of drug-likeness (QED) is 0.281. The normalized spacial score (nSPS) is 18.6. The first-order valence-corrected chi connectivity index (χ1v) is 14.9. The summed E-state index contributed by atoms with van der Waals surface area (Å²) in [5.74, 6) is -0.323. The van der Waals surface area contributed by atoms with Crippen LogP contribution in [-0.4, -0.2) is 91.1 Å². The number of amides is 4. The molecule has 4 amide bonds. The fourth-order valence-electron chi connectivity index (χ4n) is 5.86. The number of carbonyl (C=O) groups excluding carboxylic acids is 3. The molecule has 1 saturated carbocycles. The van der Waals surface area contributed by atoms with Crippen molar-refractivity contribution in [2.45, 2.75) is 83.1 Å². The van der Waals surface area contributed by atoms with Crippen molar-refractivity contribution >= 4 is 17.8 Å². The van der Waals surface area contributed by atoms with Crippen LogP contribution in [0.25, 0.3) is 0 Å². The lowest BCUT2D eigenvalue weighted by atomic mass is 9.96. The number of urea groups is 1. The van der Waals surface area contributed by atoms with Crippen molar-refractivity contribution in [1.29, 1.82) is 0 Å². The SMILES string of the molecule is O=C(NC1CCCCC1)N(CCCCCCCCN1C(=O)c2ccccc2C1=O)CCCN1CCOCC1. The van der Waals surface area contributed by atoms with Crippen molar-refractivity contribution in [2.75, 3.05) is 52.5 Å². The van der Waals surface area contributed by atoms with Crippen molar-refractivity contribution in [3.05, 3.63) is 35.4 Å². The average Bonchev–Trinajstić information content (AvgIpc) is 3.19. The molecule has 0 radical (unpaired) electrons. The molecule has 210 valence electrons. The maximum atomic E-state index is 13.1. The first-order valence-electron chi connectivity index (χ1n) is 14.9. The number of morpholine rings is 1. The minimum atomic E-state index is -0.161. The number of hydrogen-bond donors (Lipinski definition) is 1. The zero-order valence-electron chi connectivity index (χ0n) is 23.0. The first kappa shape index (κ1) is 28.6. The molecule has 1 aromatic rings. The molecular formula is C30H46N4O4. The van der Waals surface area contributed by atoms with Gasteiger partial charge in [-0.1, -0.05) is 57.1 Å². The largest absolute Gasteiger partial charge is 0.379 e. The summed E-state index contributed by atoms with van der Waals surface area (Å²) in [7, 11) is 0. The number of unbranched alkanes of at least 4 members (excludes halogenated alkanes) is 5. The topological polar surface area (TPSA) is 82.2 Å². The van der Waals surface area contributed by atoms with E-state index in [-0.39, 0.29) is 17.8 Å². The monoisotopic (exact) mass is 526 g/mol. The van der Waals surface area contributed by atoms with Gasteiger partial charge < -0.3 is 15.0 Å². The Morgan fingerprint density at radius 3 is 2.11 bits per heavy atom. The van der Waals surface area contributed by atoms with Crippen LogP contribution >= 0.6 is 0 Å². The summed E-state index contributed by atoms with van der Waals surface area (Å²) in [5.41, 5.74) is 1.05. The Morgan fingerprint density at radius 2 is 1.42 bits per heavy atom. The Labute approximate surface area is 228 Å². The Bertz CT molecular complexity index is 876. The minimum absolute atomic E-state index is 0.111. The van der Waals surface area contributed by atoms with Crippen molar-refractivity contribution in [3.8, 4) is 0 Å². The van der Waals surface area contributed by atoms with E-state index in [1.807, 2.05) is 4.90 Å². The Hall–Kier alpha value is -2.45. The van der Waals surface area contributed by atoms with Gasteiger partial charge in [0.05, 0.1) is 24.3 Å². The van der Waals surface area contributed by atoms with Crippen LogP contribution < -0.4 is 5.32 Å². The summed E-state index contributed by atoms with van der Waals surface area (Å²) in [4.78, 5) is 43.9. The molecule has 3 aliphatic rings. The number of carbonyl (C=O) groups is 3. The molecule has 2 fully saturated rings. The first-order chi connectivity index (χ1) is 18.6. The third-order valence-electron chi connectivity index (χ3n) is 8.16. The van der Waals surface area contributed by atoms with Gasteiger partial charge in [-0.2, -0.15) is 0 Å². The fraction of sp³-hybridized carbons (Fsp3) is 0.700. The molecule has 8 nitrogen and oxygen atoms in total. The highest BCUT2D eigenvalue weighted by atomic mass is 16.5. The van der Waals surface area contributed by atoms with Crippen LogP contribution in [0.5, 0.6) is 0 Å². The lowest BCUT2D eigenvalue weighted by Gasteiger charge is -2.30. The molecule has 1 aliphatic carbocycles. The van der Waals surface area contributed by atoms with E-state index in [1.165, 1.54) is 24.2 Å². The Kier molecular flexibility index (Phi) is 11.4. The van der Waals surface area contributed by atoms with Gasteiger partial charge in [-0.05, 0) is 44.2 Å². The van der Waals surface area contributed by atoms with Gasteiger partial charge in [0.25, 0.3) is 11.8 Å². The second kappa shape index (κ2) is 15.2. The predicted octanol–water partition coefficient (Wildman–Crippen LogP) is 4.69. The molecule has 2 aliphatic heterocycles. The maximum Gasteiger partial charge on any atom is 0.317 e. The highest BCUT2D eigenvalue weighted by Crippen LogP contribution is 2.23. The van der Waals surface area contributed by atoms with E-state index in [0.29, 0.717) is 23.7 Å². The summed E-state index contributed by atoms with van der Waals surface area (Å²) < 4.78 is 5.45. The molecule has 1 N–H and O–H groups in total.